The molecule has 0 spiro atoms. The molecule has 0 aromatic heterocycles. The number of likely N-dealkylation sites (tertiary alicyclic amines) is 1. The number of nitrogens with zero attached hydrogens (tertiary/aromatic N) is 3. The van der Waals surface area contributed by atoms with Crippen molar-refractivity contribution in [1.29, 1.82) is 5.26 Å². The number of nitriles is 1. The summed E-state index contributed by atoms with van der Waals surface area (Å²) in [5, 5.41) is 9.09. The normalized spacial score (nSPS) is 25.5. The van der Waals surface area contributed by atoms with E-state index in [-0.39, 0.29) is 28.7 Å². The van der Waals surface area contributed by atoms with Gasteiger partial charge in [0.2, 0.25) is 5.91 Å². The largest absolute Gasteiger partial charge is 0.417 e. The van der Waals surface area contributed by atoms with E-state index in [2.05, 4.69) is 0 Å². The second kappa shape index (κ2) is 8.91. The number of hydrogen-bond acceptors (Lipinski definition) is 5. The molecule has 3 fully saturated rings. The van der Waals surface area contributed by atoms with Crippen LogP contribution in [0, 0.1) is 28.6 Å². The number of ether oxygens (including phenoxy) is 2. The first-order valence-corrected chi connectivity index (χ1v) is 11.0. The fraction of sp³-hybridized carbons (Fsp3) is 0.652. The van der Waals surface area contributed by atoms with Crippen molar-refractivity contribution in [1.82, 2.24) is 4.90 Å². The molecule has 32 heavy (non-hydrogen) atoms. The van der Waals surface area contributed by atoms with E-state index in [0.717, 1.165) is 25.3 Å². The van der Waals surface area contributed by atoms with Gasteiger partial charge in [-0.3, -0.25) is 4.79 Å². The maximum atomic E-state index is 13.5. The molecule has 2 aliphatic heterocycles. The summed E-state index contributed by atoms with van der Waals surface area (Å²) >= 11 is 0. The van der Waals surface area contributed by atoms with E-state index < -0.39 is 11.7 Å². The van der Waals surface area contributed by atoms with Gasteiger partial charge in [-0.15, -0.1) is 0 Å². The summed E-state index contributed by atoms with van der Waals surface area (Å²) in [6, 6.07) is 5.53. The maximum Gasteiger partial charge on any atom is 0.417 e. The minimum Gasteiger partial charge on any atom is -0.382 e. The molecule has 1 amide bonds. The summed E-state index contributed by atoms with van der Waals surface area (Å²) in [5.41, 5.74) is -1.19. The van der Waals surface area contributed by atoms with Gasteiger partial charge in [0.1, 0.15) is 0 Å². The zero-order valence-corrected chi connectivity index (χ0v) is 18.2. The Labute approximate surface area is 185 Å². The van der Waals surface area contributed by atoms with Crippen molar-refractivity contribution in [2.45, 2.75) is 25.4 Å². The molecule has 4 rings (SSSR count). The quantitative estimate of drug-likeness (QED) is 0.596. The third-order valence-corrected chi connectivity index (χ3v) is 6.92. The van der Waals surface area contributed by atoms with Gasteiger partial charge in [0.05, 0.1) is 37.0 Å². The fourth-order valence-corrected chi connectivity index (χ4v) is 5.04. The van der Waals surface area contributed by atoms with Gasteiger partial charge in [0.15, 0.2) is 0 Å². The molecule has 3 aliphatic rings. The van der Waals surface area contributed by atoms with Crippen molar-refractivity contribution >= 4 is 11.6 Å². The molecule has 6 nitrogen and oxygen atoms in total. The molecular formula is C23H28F3N3O3. The molecule has 0 bridgehead atoms. The van der Waals surface area contributed by atoms with Crippen LogP contribution in [-0.4, -0.2) is 63.9 Å². The molecule has 0 unspecified atom stereocenters. The topological polar surface area (TPSA) is 65.8 Å². The Morgan fingerprint density at radius 1 is 1.25 bits per heavy atom. The Kier molecular flexibility index (Phi) is 6.37. The van der Waals surface area contributed by atoms with E-state index in [1.54, 1.807) is 19.2 Å². The predicted molar refractivity (Wildman–Crippen MR) is 111 cm³/mol. The van der Waals surface area contributed by atoms with Crippen LogP contribution in [0.2, 0.25) is 0 Å². The lowest BCUT2D eigenvalue weighted by atomic mass is 9.74. The number of halogens is 3. The van der Waals surface area contributed by atoms with E-state index in [9.17, 15) is 18.0 Å². The molecule has 174 valence electrons. The molecule has 9 heteroatoms. The Hall–Kier alpha value is -2.31. The van der Waals surface area contributed by atoms with Crippen molar-refractivity contribution < 1.29 is 27.4 Å². The maximum absolute atomic E-state index is 13.5. The summed E-state index contributed by atoms with van der Waals surface area (Å²) in [5.74, 6) is 0.526. The van der Waals surface area contributed by atoms with Crippen molar-refractivity contribution in [2.24, 2.45) is 17.3 Å². The van der Waals surface area contributed by atoms with Gasteiger partial charge in [-0.25, -0.2) is 0 Å². The van der Waals surface area contributed by atoms with Gasteiger partial charge in [-0.1, -0.05) is 0 Å². The molecule has 1 saturated carbocycles. The number of anilines is 1. The molecule has 1 aliphatic carbocycles. The van der Waals surface area contributed by atoms with Crippen molar-refractivity contribution in [3.63, 3.8) is 0 Å². The van der Waals surface area contributed by atoms with Crippen LogP contribution in [0.3, 0.4) is 0 Å². The molecule has 0 N–H and O–H groups in total. The van der Waals surface area contributed by atoms with Crippen LogP contribution in [-0.2, 0) is 20.4 Å². The highest BCUT2D eigenvalue weighted by molar-refractivity contribution is 5.81. The second-order valence-corrected chi connectivity index (χ2v) is 9.15. The fourth-order valence-electron chi connectivity index (χ4n) is 5.04. The van der Waals surface area contributed by atoms with Gasteiger partial charge >= 0.3 is 6.18 Å². The zero-order valence-electron chi connectivity index (χ0n) is 18.2. The van der Waals surface area contributed by atoms with Crippen LogP contribution in [0.15, 0.2) is 18.2 Å². The number of methoxy groups -OCH3 is 1. The van der Waals surface area contributed by atoms with Crippen molar-refractivity contribution in [3.05, 3.63) is 29.3 Å². The van der Waals surface area contributed by atoms with Gasteiger partial charge in [0.25, 0.3) is 0 Å². The van der Waals surface area contributed by atoms with Crippen molar-refractivity contribution in [3.8, 4) is 6.07 Å². The molecule has 0 radical (unpaired) electrons. The third-order valence-electron chi connectivity index (χ3n) is 6.92. The SMILES string of the molecule is COCCOC[C@@]12CN(C(=O)C3CC3)CC[C@@H]1CN(c1ccc(C#N)c(C(F)(F)F)c1)C2. The van der Waals surface area contributed by atoms with Crippen molar-refractivity contribution in [2.75, 3.05) is 58.0 Å². The Bertz CT molecular complexity index is 897. The number of rotatable bonds is 7. The monoisotopic (exact) mass is 451 g/mol. The molecule has 2 heterocycles. The lowest BCUT2D eigenvalue weighted by Crippen LogP contribution is -2.53. The summed E-state index contributed by atoms with van der Waals surface area (Å²) in [7, 11) is 1.60. The van der Waals surface area contributed by atoms with Crippen LogP contribution in [0.25, 0.3) is 0 Å². The zero-order chi connectivity index (χ0) is 22.9. The number of benzene rings is 1. The van der Waals surface area contributed by atoms with E-state index in [0.29, 0.717) is 51.7 Å². The summed E-state index contributed by atoms with van der Waals surface area (Å²) in [6.45, 7) is 3.64. The summed E-state index contributed by atoms with van der Waals surface area (Å²) in [6.07, 6.45) is -1.92. The minimum atomic E-state index is -4.60. The van der Waals surface area contributed by atoms with Gasteiger partial charge in [-0.2, -0.15) is 18.4 Å². The highest BCUT2D eigenvalue weighted by Gasteiger charge is 2.52. The molecule has 2 atom stereocenters. The second-order valence-electron chi connectivity index (χ2n) is 9.15. The first kappa shape index (κ1) is 22.9. The number of carbonyl (C=O) groups excluding carboxylic acids is 1. The van der Waals surface area contributed by atoms with Gasteiger partial charge in [-0.05, 0) is 43.4 Å². The molecule has 1 aromatic carbocycles. The van der Waals surface area contributed by atoms with E-state index >= 15 is 0 Å². The number of piperidine rings is 1. The summed E-state index contributed by atoms with van der Waals surface area (Å²) in [4.78, 5) is 16.6. The first-order valence-electron chi connectivity index (χ1n) is 11.0. The lowest BCUT2D eigenvalue weighted by molar-refractivity contribution is -0.139. The van der Waals surface area contributed by atoms with Gasteiger partial charge in [0, 0.05) is 50.3 Å². The average molecular weight is 451 g/mol. The van der Waals surface area contributed by atoms with E-state index in [1.807, 2.05) is 9.80 Å². The minimum absolute atomic E-state index is 0.128. The number of hydrogen-bond donors (Lipinski definition) is 0. The standard InChI is InChI=1S/C23H28F3N3O3/c1-31-8-9-32-15-22-13-28(21(30)16-2-3-16)7-6-18(22)12-29(14-22)19-5-4-17(11-27)20(10-19)23(24,25)26/h4-5,10,16,18H,2-3,6-9,12-15H2,1H3/t18-,22+/m1/s1. The smallest absolute Gasteiger partial charge is 0.382 e. The first-order chi connectivity index (χ1) is 15.3. The highest BCUT2D eigenvalue weighted by atomic mass is 19.4. The van der Waals surface area contributed by atoms with Crippen LogP contribution in [0.1, 0.15) is 30.4 Å². The third kappa shape index (κ3) is 4.57. The van der Waals surface area contributed by atoms with Crippen LogP contribution in [0.5, 0.6) is 0 Å². The van der Waals surface area contributed by atoms with E-state index in [4.69, 9.17) is 14.7 Å². The number of amides is 1. The summed E-state index contributed by atoms with van der Waals surface area (Å²) < 4.78 is 51.4. The highest BCUT2D eigenvalue weighted by Crippen LogP contribution is 2.46. The Morgan fingerprint density at radius 3 is 2.69 bits per heavy atom. The number of alkyl halides is 3. The van der Waals surface area contributed by atoms with Crippen LogP contribution >= 0.6 is 0 Å². The number of fused-ring (bicyclic) bond motifs is 1. The molecule has 1 aromatic rings. The Morgan fingerprint density at radius 2 is 2.03 bits per heavy atom. The predicted octanol–water partition coefficient (Wildman–Crippen LogP) is 3.30. The van der Waals surface area contributed by atoms with Crippen LogP contribution in [0.4, 0.5) is 18.9 Å². The van der Waals surface area contributed by atoms with E-state index in [1.165, 1.54) is 6.07 Å². The molecular weight excluding hydrogens is 423 g/mol. The van der Waals surface area contributed by atoms with Crippen LogP contribution < -0.4 is 4.90 Å². The molecule has 2 saturated heterocycles. The van der Waals surface area contributed by atoms with Gasteiger partial charge < -0.3 is 19.3 Å². The average Bonchev–Trinajstić information content (AvgIpc) is 3.55. The number of carbonyl (C=O) groups is 1. The Balaban J connectivity index is 1.58. The lowest BCUT2D eigenvalue weighted by Gasteiger charge is -2.44.